The van der Waals surface area contributed by atoms with Gasteiger partial charge in [0.2, 0.25) is 0 Å². The molecule has 3 N–H and O–H groups in total. The van der Waals surface area contributed by atoms with Gasteiger partial charge in [0, 0.05) is 16.8 Å². The maximum absolute atomic E-state index is 12.2. The first-order chi connectivity index (χ1) is 12.0. The number of piperidine rings is 1. The quantitative estimate of drug-likeness (QED) is 0.688. The minimum absolute atomic E-state index is 0.154. The molecule has 0 saturated carbocycles. The van der Waals surface area contributed by atoms with Crippen LogP contribution >= 0.6 is 22.7 Å². The van der Waals surface area contributed by atoms with Gasteiger partial charge in [-0.25, -0.2) is 0 Å². The Balaban J connectivity index is 1.55. The van der Waals surface area contributed by atoms with Crippen LogP contribution in [0.2, 0.25) is 0 Å². The van der Waals surface area contributed by atoms with Gasteiger partial charge in [0.25, 0.3) is 5.91 Å². The molecule has 2 aromatic rings. The van der Waals surface area contributed by atoms with Crippen LogP contribution in [-0.4, -0.2) is 36.6 Å². The third-order valence-corrected chi connectivity index (χ3v) is 7.19. The average Bonchev–Trinajstić information content (AvgIpc) is 3.17. The van der Waals surface area contributed by atoms with Gasteiger partial charge in [-0.15, -0.1) is 22.7 Å². The number of rotatable bonds is 7. The summed E-state index contributed by atoms with van der Waals surface area (Å²) in [7, 11) is 0. The highest BCUT2D eigenvalue weighted by Crippen LogP contribution is 2.34. The lowest BCUT2D eigenvalue weighted by atomic mass is 9.93. The summed E-state index contributed by atoms with van der Waals surface area (Å²) >= 11 is 3.28. The van der Waals surface area contributed by atoms with E-state index in [1.165, 1.54) is 39.5 Å². The van der Waals surface area contributed by atoms with Crippen molar-refractivity contribution in [3.8, 4) is 0 Å². The van der Waals surface area contributed by atoms with Crippen molar-refractivity contribution in [3.05, 3.63) is 21.9 Å². The molecule has 1 aliphatic heterocycles. The molecule has 2 aromatic heterocycles. The molecule has 136 valence electrons. The van der Waals surface area contributed by atoms with Crippen LogP contribution in [0.15, 0.2) is 12.1 Å². The first-order valence-electron chi connectivity index (χ1n) is 8.77. The zero-order chi connectivity index (χ0) is 17.8. The smallest absolute Gasteiger partial charge is 0.308 e. The normalized spacial score (nSPS) is 16.8. The molecule has 3 rings (SSSR count). The fourth-order valence-electron chi connectivity index (χ4n) is 3.06. The fourth-order valence-corrected chi connectivity index (χ4v) is 5.49. The number of carbonyl (C=O) groups is 2. The molecule has 7 heteroatoms. The van der Waals surface area contributed by atoms with Crippen LogP contribution in [0.1, 0.15) is 40.7 Å². The van der Waals surface area contributed by atoms with Crippen molar-refractivity contribution in [3.63, 3.8) is 0 Å². The molecule has 0 bridgehead atoms. The molecular formula is C18H24N2O3S2. The zero-order valence-corrected chi connectivity index (χ0v) is 16.0. The van der Waals surface area contributed by atoms with Crippen LogP contribution in [0, 0.1) is 11.8 Å². The molecule has 25 heavy (non-hydrogen) atoms. The lowest BCUT2D eigenvalue weighted by Crippen LogP contribution is -2.30. The Morgan fingerprint density at radius 1 is 1.32 bits per heavy atom. The molecule has 3 heterocycles. The molecule has 1 fully saturated rings. The van der Waals surface area contributed by atoms with Crippen LogP contribution in [0.5, 0.6) is 0 Å². The number of aliphatic carboxylic acids is 1. The second kappa shape index (κ2) is 8.29. The van der Waals surface area contributed by atoms with Crippen LogP contribution in [0.4, 0.5) is 0 Å². The van der Waals surface area contributed by atoms with Crippen molar-refractivity contribution in [2.75, 3.05) is 19.6 Å². The standard InChI is InChI=1S/C18H24N2O3S2/c1-11(17(22)23)10-20-16(21)15-9-13-8-14(24-18(13)25-15)3-2-12-4-6-19-7-5-12/h8-9,11-12,19H,2-7,10H2,1H3,(H,20,21)(H,22,23). The van der Waals surface area contributed by atoms with Crippen molar-refractivity contribution in [2.24, 2.45) is 11.8 Å². The van der Waals surface area contributed by atoms with Gasteiger partial charge < -0.3 is 15.7 Å². The van der Waals surface area contributed by atoms with Gasteiger partial charge in [0.05, 0.1) is 14.8 Å². The number of carboxylic acids is 1. The first kappa shape index (κ1) is 18.4. The molecule has 0 spiro atoms. The molecule has 1 atom stereocenters. The summed E-state index contributed by atoms with van der Waals surface area (Å²) in [5, 5.41) is 16.1. The highest BCUT2D eigenvalue weighted by Gasteiger charge is 2.17. The van der Waals surface area contributed by atoms with E-state index in [9.17, 15) is 9.59 Å². The number of aryl methyl sites for hydroxylation is 1. The topological polar surface area (TPSA) is 78.4 Å². The van der Waals surface area contributed by atoms with Crippen LogP contribution in [0.3, 0.4) is 0 Å². The Bertz CT molecular complexity index is 715. The molecular weight excluding hydrogens is 356 g/mol. The summed E-state index contributed by atoms with van der Waals surface area (Å²) in [6, 6.07) is 4.12. The summed E-state index contributed by atoms with van der Waals surface area (Å²) in [6.07, 6.45) is 4.92. The predicted octanol–water partition coefficient (Wildman–Crippen LogP) is 3.35. The number of amides is 1. The molecule has 5 nitrogen and oxygen atoms in total. The number of carbonyl (C=O) groups excluding carboxylic acids is 1. The number of fused-ring (bicyclic) bond motifs is 1. The molecule has 1 unspecified atom stereocenters. The second-order valence-electron chi connectivity index (χ2n) is 6.75. The number of nitrogens with one attached hydrogen (secondary N) is 2. The molecule has 1 amide bonds. The van der Waals surface area contributed by atoms with E-state index >= 15 is 0 Å². The Morgan fingerprint density at radius 3 is 2.76 bits per heavy atom. The van der Waals surface area contributed by atoms with Gasteiger partial charge in [-0.1, -0.05) is 6.92 Å². The molecule has 1 saturated heterocycles. The third kappa shape index (κ3) is 4.80. The van der Waals surface area contributed by atoms with Gasteiger partial charge in [-0.2, -0.15) is 0 Å². The van der Waals surface area contributed by atoms with E-state index in [2.05, 4.69) is 16.7 Å². The Morgan fingerprint density at radius 2 is 2.08 bits per heavy atom. The molecule has 0 aliphatic carbocycles. The average molecular weight is 381 g/mol. The molecule has 0 aromatic carbocycles. The molecule has 0 radical (unpaired) electrons. The Hall–Kier alpha value is -1.44. The van der Waals surface area contributed by atoms with Gasteiger partial charge >= 0.3 is 5.97 Å². The third-order valence-electron chi connectivity index (χ3n) is 4.74. The largest absolute Gasteiger partial charge is 0.481 e. The Kier molecular flexibility index (Phi) is 6.09. The van der Waals surface area contributed by atoms with Gasteiger partial charge in [-0.3, -0.25) is 9.59 Å². The maximum Gasteiger partial charge on any atom is 0.308 e. The molecule has 1 aliphatic rings. The van der Waals surface area contributed by atoms with E-state index in [-0.39, 0.29) is 12.5 Å². The van der Waals surface area contributed by atoms with Crippen molar-refractivity contribution in [2.45, 2.75) is 32.6 Å². The van der Waals surface area contributed by atoms with Gasteiger partial charge in [0.1, 0.15) is 0 Å². The summed E-state index contributed by atoms with van der Waals surface area (Å²) < 4.78 is 1.18. The number of hydrogen-bond acceptors (Lipinski definition) is 5. The fraction of sp³-hybridized carbons (Fsp3) is 0.556. The highest BCUT2D eigenvalue weighted by atomic mass is 32.2. The van der Waals surface area contributed by atoms with E-state index < -0.39 is 11.9 Å². The van der Waals surface area contributed by atoms with Crippen molar-refractivity contribution >= 4 is 43.9 Å². The summed E-state index contributed by atoms with van der Waals surface area (Å²) in [5.74, 6) is -0.825. The van der Waals surface area contributed by atoms with Crippen molar-refractivity contribution < 1.29 is 14.7 Å². The van der Waals surface area contributed by atoms with E-state index in [1.807, 2.05) is 6.07 Å². The van der Waals surface area contributed by atoms with E-state index in [1.54, 1.807) is 18.3 Å². The van der Waals surface area contributed by atoms with Crippen molar-refractivity contribution in [1.29, 1.82) is 0 Å². The van der Waals surface area contributed by atoms with Crippen LogP contribution in [0.25, 0.3) is 9.40 Å². The van der Waals surface area contributed by atoms with E-state index in [4.69, 9.17) is 5.11 Å². The minimum atomic E-state index is -0.897. The summed E-state index contributed by atoms with van der Waals surface area (Å²) in [6.45, 7) is 4.03. The highest BCUT2D eigenvalue weighted by molar-refractivity contribution is 7.39. The van der Waals surface area contributed by atoms with Crippen molar-refractivity contribution in [1.82, 2.24) is 10.6 Å². The van der Waals surface area contributed by atoms with Crippen LogP contribution < -0.4 is 10.6 Å². The monoisotopic (exact) mass is 380 g/mol. The van der Waals surface area contributed by atoms with Gasteiger partial charge in [-0.05, 0) is 56.8 Å². The number of hydrogen-bond donors (Lipinski definition) is 3. The summed E-state index contributed by atoms with van der Waals surface area (Å²) in [5.41, 5.74) is 0. The minimum Gasteiger partial charge on any atom is -0.481 e. The lowest BCUT2D eigenvalue weighted by molar-refractivity contribution is -0.140. The first-order valence-corrected chi connectivity index (χ1v) is 10.4. The second-order valence-corrected chi connectivity index (χ2v) is 9.19. The SMILES string of the molecule is CC(CNC(=O)c1cc2cc(CCC3CCNCC3)sc2s1)C(=O)O. The number of thiophene rings is 2. The zero-order valence-electron chi connectivity index (χ0n) is 14.3. The summed E-state index contributed by atoms with van der Waals surface area (Å²) in [4.78, 5) is 25.0. The van der Waals surface area contributed by atoms with Crippen LogP contribution in [-0.2, 0) is 11.2 Å². The number of carboxylic acid groups (broad SMARTS) is 1. The lowest BCUT2D eigenvalue weighted by Gasteiger charge is -2.22. The van der Waals surface area contributed by atoms with E-state index in [0.717, 1.165) is 30.8 Å². The Labute approximate surface area is 155 Å². The maximum atomic E-state index is 12.2. The predicted molar refractivity (Wildman–Crippen MR) is 103 cm³/mol. The van der Waals surface area contributed by atoms with Gasteiger partial charge in [0.15, 0.2) is 0 Å². The van der Waals surface area contributed by atoms with E-state index in [0.29, 0.717) is 4.88 Å².